The molecule has 1 aromatic heterocycles. The summed E-state index contributed by atoms with van der Waals surface area (Å²) in [7, 11) is 0. The molecule has 3 rings (SSSR count). The van der Waals surface area contributed by atoms with Gasteiger partial charge in [-0.3, -0.25) is 9.69 Å². The van der Waals surface area contributed by atoms with Crippen molar-refractivity contribution in [3.63, 3.8) is 0 Å². The van der Waals surface area contributed by atoms with Gasteiger partial charge in [-0.2, -0.15) is 0 Å². The highest BCUT2D eigenvalue weighted by atomic mass is 19.1. The summed E-state index contributed by atoms with van der Waals surface area (Å²) in [4.78, 5) is 14.1. The Morgan fingerprint density at radius 1 is 1.46 bits per heavy atom. The molecule has 1 atom stereocenters. The number of benzene rings is 1. The molecule has 2 heterocycles. The molecule has 1 saturated heterocycles. The lowest BCUT2D eigenvalue weighted by atomic mass is 9.91. The first-order valence-electron chi connectivity index (χ1n) is 8.55. The van der Waals surface area contributed by atoms with Crippen molar-refractivity contribution >= 4 is 16.9 Å². The highest BCUT2D eigenvalue weighted by Gasteiger charge is 2.30. The first-order valence-corrected chi connectivity index (χ1v) is 8.55. The summed E-state index contributed by atoms with van der Waals surface area (Å²) in [5, 5.41) is 5.03. The van der Waals surface area contributed by atoms with Crippen molar-refractivity contribution in [2.75, 3.05) is 19.7 Å². The van der Waals surface area contributed by atoms with Crippen molar-refractivity contribution in [2.24, 2.45) is 0 Å². The van der Waals surface area contributed by atoms with Gasteiger partial charge in [0.2, 0.25) is 0 Å². The lowest BCUT2D eigenvalue weighted by molar-refractivity contribution is -0.149. The van der Waals surface area contributed by atoms with Crippen molar-refractivity contribution in [3.05, 3.63) is 29.7 Å². The van der Waals surface area contributed by atoms with Gasteiger partial charge in [0, 0.05) is 17.4 Å². The number of fused-ring (bicyclic) bond motifs is 1. The van der Waals surface area contributed by atoms with Crippen molar-refractivity contribution in [2.45, 2.75) is 45.1 Å². The molecule has 6 heteroatoms. The molecule has 0 saturated carbocycles. The maximum Gasteiger partial charge on any atom is 0.323 e. The number of ether oxygens (including phenoxy) is 1. The van der Waals surface area contributed by atoms with E-state index < -0.39 is 0 Å². The van der Waals surface area contributed by atoms with E-state index in [1.165, 1.54) is 12.1 Å². The number of hydrogen-bond donors (Lipinski definition) is 0. The van der Waals surface area contributed by atoms with Gasteiger partial charge in [-0.15, -0.1) is 0 Å². The highest BCUT2D eigenvalue weighted by Crippen LogP contribution is 2.33. The fourth-order valence-corrected chi connectivity index (χ4v) is 3.26. The van der Waals surface area contributed by atoms with Crippen LogP contribution in [0.15, 0.2) is 22.7 Å². The highest BCUT2D eigenvalue weighted by molar-refractivity contribution is 5.80. The summed E-state index contributed by atoms with van der Waals surface area (Å²) in [6.45, 7) is 5.97. The van der Waals surface area contributed by atoms with Crippen LogP contribution in [0.25, 0.3) is 11.0 Å². The third kappa shape index (κ3) is 3.43. The molecule has 1 fully saturated rings. The number of aromatic nitrogens is 1. The Balaban J connectivity index is 1.63. The van der Waals surface area contributed by atoms with Crippen LogP contribution in [0.1, 0.15) is 44.7 Å². The summed E-state index contributed by atoms with van der Waals surface area (Å²) in [5.41, 5.74) is 1.38. The van der Waals surface area contributed by atoms with Gasteiger partial charge in [-0.05, 0) is 51.4 Å². The number of likely N-dealkylation sites (tertiary alicyclic amines) is 1. The lowest BCUT2D eigenvalue weighted by Crippen LogP contribution is -2.44. The summed E-state index contributed by atoms with van der Waals surface area (Å²) < 4.78 is 23.7. The van der Waals surface area contributed by atoms with E-state index in [-0.39, 0.29) is 23.7 Å². The first-order chi connectivity index (χ1) is 11.6. The van der Waals surface area contributed by atoms with Crippen molar-refractivity contribution in [1.82, 2.24) is 10.1 Å². The minimum Gasteiger partial charge on any atom is -0.465 e. The zero-order valence-electron chi connectivity index (χ0n) is 14.1. The van der Waals surface area contributed by atoms with E-state index >= 15 is 0 Å². The fraction of sp³-hybridized carbons (Fsp3) is 0.556. The Kier molecular flexibility index (Phi) is 5.14. The predicted octanol–water partition coefficient (Wildman–Crippen LogP) is 3.49. The van der Waals surface area contributed by atoms with Gasteiger partial charge in [0.15, 0.2) is 5.58 Å². The molecule has 0 bridgehead atoms. The van der Waals surface area contributed by atoms with Crippen molar-refractivity contribution in [1.29, 1.82) is 0 Å². The number of carbonyl (C=O) groups excluding carboxylic acids is 1. The SMILES string of the molecule is CCCOC(=O)[C@@H](C)N1CCC(c2noc3cc(F)ccc23)CC1. The Bertz CT molecular complexity index is 707. The van der Waals surface area contributed by atoms with Crippen LogP contribution in [0.5, 0.6) is 0 Å². The van der Waals surface area contributed by atoms with Gasteiger partial charge in [0.25, 0.3) is 0 Å². The van der Waals surface area contributed by atoms with Gasteiger partial charge >= 0.3 is 5.97 Å². The average Bonchev–Trinajstić information content (AvgIpc) is 3.02. The van der Waals surface area contributed by atoms with Gasteiger partial charge in [0.1, 0.15) is 11.9 Å². The Morgan fingerprint density at radius 3 is 2.92 bits per heavy atom. The Hall–Kier alpha value is -1.95. The number of piperidine rings is 1. The molecule has 0 unspecified atom stereocenters. The number of rotatable bonds is 5. The van der Waals surface area contributed by atoms with Crippen LogP contribution in [0, 0.1) is 5.82 Å². The second-order valence-corrected chi connectivity index (χ2v) is 6.36. The molecule has 24 heavy (non-hydrogen) atoms. The van der Waals surface area contributed by atoms with Crippen molar-refractivity contribution in [3.8, 4) is 0 Å². The van der Waals surface area contributed by atoms with Crippen LogP contribution in [-0.2, 0) is 9.53 Å². The molecule has 0 amide bonds. The molecule has 0 spiro atoms. The number of nitrogens with zero attached hydrogens (tertiary/aromatic N) is 2. The zero-order chi connectivity index (χ0) is 17.1. The maximum absolute atomic E-state index is 13.3. The van der Waals surface area contributed by atoms with E-state index in [1.54, 1.807) is 6.07 Å². The van der Waals surface area contributed by atoms with E-state index in [4.69, 9.17) is 9.26 Å². The second kappa shape index (κ2) is 7.30. The fourth-order valence-electron chi connectivity index (χ4n) is 3.26. The first kappa shape index (κ1) is 16.9. The zero-order valence-corrected chi connectivity index (χ0v) is 14.1. The topological polar surface area (TPSA) is 55.6 Å². The van der Waals surface area contributed by atoms with Crippen LogP contribution in [0.3, 0.4) is 0 Å². The van der Waals surface area contributed by atoms with Gasteiger partial charge in [-0.1, -0.05) is 12.1 Å². The second-order valence-electron chi connectivity index (χ2n) is 6.36. The third-order valence-electron chi connectivity index (χ3n) is 4.72. The number of carbonyl (C=O) groups is 1. The quantitative estimate of drug-likeness (QED) is 0.784. The standard InChI is InChI=1S/C18H23FN2O3/c1-3-10-23-18(22)12(2)21-8-6-13(7-9-21)17-15-5-4-14(19)11-16(15)24-20-17/h4-5,11-13H,3,6-10H2,1-2H3/t12-/m1/s1. The molecular weight excluding hydrogens is 311 g/mol. The van der Waals surface area contributed by atoms with Gasteiger partial charge < -0.3 is 9.26 Å². The average molecular weight is 334 g/mol. The molecule has 1 aliphatic rings. The molecule has 2 aromatic rings. The van der Waals surface area contributed by atoms with E-state index in [2.05, 4.69) is 10.1 Å². The van der Waals surface area contributed by atoms with Gasteiger partial charge in [0.05, 0.1) is 12.3 Å². The Morgan fingerprint density at radius 2 is 2.21 bits per heavy atom. The summed E-state index contributed by atoms with van der Waals surface area (Å²) in [6, 6.07) is 4.31. The monoisotopic (exact) mass is 334 g/mol. The molecule has 5 nitrogen and oxygen atoms in total. The number of esters is 1. The number of hydrogen-bond acceptors (Lipinski definition) is 5. The van der Waals surface area contributed by atoms with Crippen LogP contribution >= 0.6 is 0 Å². The molecule has 130 valence electrons. The van der Waals surface area contributed by atoms with Crippen LogP contribution in [0.4, 0.5) is 4.39 Å². The van der Waals surface area contributed by atoms with Crippen LogP contribution in [-0.4, -0.2) is 41.8 Å². The molecule has 1 aromatic carbocycles. The molecular formula is C18H23FN2O3. The largest absolute Gasteiger partial charge is 0.465 e. The maximum atomic E-state index is 13.3. The van der Waals surface area contributed by atoms with E-state index in [0.29, 0.717) is 12.2 Å². The lowest BCUT2D eigenvalue weighted by Gasteiger charge is -2.34. The predicted molar refractivity (Wildman–Crippen MR) is 88.2 cm³/mol. The van der Waals surface area contributed by atoms with E-state index in [1.807, 2.05) is 13.8 Å². The summed E-state index contributed by atoms with van der Waals surface area (Å²) in [5.74, 6) is -0.205. The molecule has 0 N–H and O–H groups in total. The molecule has 1 aliphatic heterocycles. The van der Waals surface area contributed by atoms with Crippen LogP contribution in [0.2, 0.25) is 0 Å². The molecule has 0 aliphatic carbocycles. The third-order valence-corrected chi connectivity index (χ3v) is 4.72. The van der Waals surface area contributed by atoms with Crippen LogP contribution < -0.4 is 0 Å². The summed E-state index contributed by atoms with van der Waals surface area (Å²) >= 11 is 0. The minimum atomic E-state index is -0.320. The van der Waals surface area contributed by atoms with E-state index in [0.717, 1.165) is 43.4 Å². The smallest absolute Gasteiger partial charge is 0.323 e. The van der Waals surface area contributed by atoms with E-state index in [9.17, 15) is 9.18 Å². The number of halogens is 1. The van der Waals surface area contributed by atoms with Gasteiger partial charge in [-0.25, -0.2) is 4.39 Å². The molecule has 0 radical (unpaired) electrons. The van der Waals surface area contributed by atoms with Crippen molar-refractivity contribution < 1.29 is 18.4 Å². The normalized spacial score (nSPS) is 18.0. The minimum absolute atomic E-state index is 0.155. The Labute approximate surface area is 140 Å². The summed E-state index contributed by atoms with van der Waals surface area (Å²) in [6.07, 6.45) is 2.62.